The van der Waals surface area contributed by atoms with Crippen LogP contribution in [-0.4, -0.2) is 49.1 Å². The van der Waals surface area contributed by atoms with E-state index in [1.54, 1.807) is 15.6 Å². The molecule has 2 aromatic heterocycles. The van der Waals surface area contributed by atoms with E-state index in [0.29, 0.717) is 17.8 Å². The van der Waals surface area contributed by atoms with Gasteiger partial charge in [-0.25, -0.2) is 9.50 Å². The van der Waals surface area contributed by atoms with Crippen molar-refractivity contribution in [1.82, 2.24) is 19.5 Å². The van der Waals surface area contributed by atoms with Crippen LogP contribution in [0.25, 0.3) is 5.65 Å². The quantitative estimate of drug-likeness (QED) is 0.926. The second-order valence-electron chi connectivity index (χ2n) is 5.71. The Hall–Kier alpha value is -2.44. The molecule has 3 heterocycles. The molecule has 7 heteroatoms. The Morgan fingerprint density at radius 3 is 2.91 bits per heavy atom. The highest BCUT2D eigenvalue weighted by Gasteiger charge is 2.32. The molecule has 1 unspecified atom stereocenters. The first-order valence-corrected chi connectivity index (χ1v) is 7.32. The van der Waals surface area contributed by atoms with Crippen molar-refractivity contribution >= 4 is 17.5 Å². The van der Waals surface area contributed by atoms with Crippen molar-refractivity contribution in [3.63, 3.8) is 0 Å². The lowest BCUT2D eigenvalue weighted by molar-refractivity contribution is -0.137. The van der Waals surface area contributed by atoms with Crippen LogP contribution in [0, 0.1) is 13.8 Å². The third kappa shape index (κ3) is 2.43. The van der Waals surface area contributed by atoms with Gasteiger partial charge in [0.1, 0.15) is 0 Å². The average Bonchev–Trinajstić information content (AvgIpc) is 3.04. The molecule has 1 N–H and O–H groups in total. The number of fused-ring (bicyclic) bond motifs is 1. The molecule has 0 bridgehead atoms. The molecule has 1 amide bonds. The maximum absolute atomic E-state index is 12.8. The van der Waals surface area contributed by atoms with Gasteiger partial charge in [-0.3, -0.25) is 9.59 Å². The van der Waals surface area contributed by atoms with Crippen molar-refractivity contribution in [2.24, 2.45) is 0 Å². The summed E-state index contributed by atoms with van der Waals surface area (Å²) in [5.41, 5.74) is 2.75. The number of carboxylic acid groups (broad SMARTS) is 1. The zero-order valence-electron chi connectivity index (χ0n) is 12.6. The molecule has 22 heavy (non-hydrogen) atoms. The standard InChI is InChI=1S/C15H18N4O3/c1-9-6-13-16-8-12(10(2)19(13)17-9)15(22)18-5-3-4-11(18)7-14(20)21/h6,8,11H,3-5,7H2,1-2H3,(H,20,21). The van der Waals surface area contributed by atoms with E-state index in [2.05, 4.69) is 10.1 Å². The third-order valence-electron chi connectivity index (χ3n) is 4.12. The molecule has 116 valence electrons. The lowest BCUT2D eigenvalue weighted by atomic mass is 10.1. The van der Waals surface area contributed by atoms with E-state index in [4.69, 9.17) is 5.11 Å². The van der Waals surface area contributed by atoms with Gasteiger partial charge in [0.25, 0.3) is 5.91 Å². The van der Waals surface area contributed by atoms with Gasteiger partial charge in [0.15, 0.2) is 5.65 Å². The zero-order chi connectivity index (χ0) is 15.9. The monoisotopic (exact) mass is 302 g/mol. The molecule has 1 aliphatic rings. The van der Waals surface area contributed by atoms with Crippen LogP contribution in [0.2, 0.25) is 0 Å². The number of aromatic nitrogens is 3. The summed E-state index contributed by atoms with van der Waals surface area (Å²) in [6.07, 6.45) is 3.11. The van der Waals surface area contributed by atoms with Gasteiger partial charge in [-0.15, -0.1) is 0 Å². The van der Waals surface area contributed by atoms with Gasteiger partial charge in [-0.1, -0.05) is 0 Å². The van der Waals surface area contributed by atoms with E-state index >= 15 is 0 Å². The molecule has 2 aromatic rings. The van der Waals surface area contributed by atoms with Gasteiger partial charge in [0.05, 0.1) is 23.4 Å². The van der Waals surface area contributed by atoms with Crippen molar-refractivity contribution in [2.75, 3.05) is 6.54 Å². The third-order valence-corrected chi connectivity index (χ3v) is 4.12. The van der Waals surface area contributed by atoms with Gasteiger partial charge < -0.3 is 10.0 Å². The summed E-state index contributed by atoms with van der Waals surface area (Å²) in [6, 6.07) is 1.61. The molecule has 0 saturated carbocycles. The molecular formula is C15H18N4O3. The molecule has 0 radical (unpaired) electrons. The fourth-order valence-electron chi connectivity index (χ4n) is 3.04. The predicted molar refractivity (Wildman–Crippen MR) is 78.8 cm³/mol. The Morgan fingerprint density at radius 1 is 1.41 bits per heavy atom. The molecule has 1 fully saturated rings. The number of hydrogen-bond acceptors (Lipinski definition) is 4. The maximum Gasteiger partial charge on any atom is 0.305 e. The number of rotatable bonds is 3. The molecule has 1 aliphatic heterocycles. The molecule has 1 saturated heterocycles. The van der Waals surface area contributed by atoms with Gasteiger partial charge >= 0.3 is 5.97 Å². The summed E-state index contributed by atoms with van der Waals surface area (Å²) in [5.74, 6) is -1.04. The van der Waals surface area contributed by atoms with Crippen molar-refractivity contribution in [3.8, 4) is 0 Å². The molecule has 0 spiro atoms. The summed E-state index contributed by atoms with van der Waals surface area (Å²) < 4.78 is 1.66. The van der Waals surface area contributed by atoms with Gasteiger partial charge in [0.2, 0.25) is 0 Å². The SMILES string of the molecule is Cc1cc2ncc(C(=O)N3CCCC3CC(=O)O)c(C)n2n1. The molecule has 3 rings (SSSR count). The number of likely N-dealkylation sites (tertiary alicyclic amines) is 1. The first-order chi connectivity index (χ1) is 10.5. The number of aliphatic carboxylic acids is 1. The summed E-state index contributed by atoms with van der Waals surface area (Å²) in [5, 5.41) is 13.3. The van der Waals surface area contributed by atoms with Gasteiger partial charge in [-0.05, 0) is 26.7 Å². The number of nitrogens with zero attached hydrogens (tertiary/aromatic N) is 4. The van der Waals surface area contributed by atoms with Gasteiger partial charge in [-0.2, -0.15) is 5.10 Å². The van der Waals surface area contributed by atoms with Crippen molar-refractivity contribution < 1.29 is 14.7 Å². The Morgan fingerprint density at radius 2 is 2.18 bits per heavy atom. The second kappa shape index (κ2) is 5.40. The number of hydrogen-bond donors (Lipinski definition) is 1. The summed E-state index contributed by atoms with van der Waals surface area (Å²) in [6.45, 7) is 4.29. The first kappa shape index (κ1) is 14.5. The Kier molecular flexibility index (Phi) is 3.56. The van der Waals surface area contributed by atoms with E-state index in [0.717, 1.165) is 24.2 Å². The average molecular weight is 302 g/mol. The van der Waals surface area contributed by atoms with E-state index in [-0.39, 0.29) is 18.4 Å². The fraction of sp³-hybridized carbons (Fsp3) is 0.467. The van der Waals surface area contributed by atoms with Crippen LogP contribution < -0.4 is 0 Å². The van der Waals surface area contributed by atoms with Crippen LogP contribution in [0.4, 0.5) is 0 Å². The molecule has 1 atom stereocenters. The normalized spacial score (nSPS) is 18.1. The van der Waals surface area contributed by atoms with Crippen LogP contribution in [0.15, 0.2) is 12.3 Å². The van der Waals surface area contributed by atoms with E-state index in [9.17, 15) is 9.59 Å². The van der Waals surface area contributed by atoms with Gasteiger partial charge in [0, 0.05) is 24.8 Å². The number of aryl methyl sites for hydroxylation is 2. The largest absolute Gasteiger partial charge is 0.481 e. The van der Waals surface area contributed by atoms with Crippen LogP contribution >= 0.6 is 0 Å². The highest BCUT2D eigenvalue weighted by molar-refractivity contribution is 5.95. The number of amides is 1. The Labute approximate surface area is 127 Å². The highest BCUT2D eigenvalue weighted by atomic mass is 16.4. The maximum atomic E-state index is 12.8. The summed E-state index contributed by atoms with van der Waals surface area (Å²) in [7, 11) is 0. The minimum absolute atomic E-state index is 0.0126. The van der Waals surface area contributed by atoms with Crippen LogP contribution in [0.5, 0.6) is 0 Å². The lowest BCUT2D eigenvalue weighted by Gasteiger charge is -2.24. The highest BCUT2D eigenvalue weighted by Crippen LogP contribution is 2.23. The number of carbonyl (C=O) groups excluding carboxylic acids is 1. The summed E-state index contributed by atoms with van der Waals surface area (Å²) in [4.78, 5) is 29.6. The molecule has 0 aromatic carbocycles. The predicted octanol–water partition coefficient (Wildman–Crippen LogP) is 1.43. The Bertz CT molecular complexity index is 753. The van der Waals surface area contributed by atoms with Crippen molar-refractivity contribution in [3.05, 3.63) is 29.2 Å². The van der Waals surface area contributed by atoms with Crippen LogP contribution in [0.1, 0.15) is 41.0 Å². The first-order valence-electron chi connectivity index (χ1n) is 7.32. The molecule has 0 aliphatic carbocycles. The minimum atomic E-state index is -0.877. The van der Waals surface area contributed by atoms with Crippen molar-refractivity contribution in [2.45, 2.75) is 39.2 Å². The summed E-state index contributed by atoms with van der Waals surface area (Å²) >= 11 is 0. The number of carboxylic acids is 1. The second-order valence-corrected chi connectivity index (χ2v) is 5.71. The number of carbonyl (C=O) groups is 2. The minimum Gasteiger partial charge on any atom is -0.481 e. The fourth-order valence-corrected chi connectivity index (χ4v) is 3.04. The van der Waals surface area contributed by atoms with Crippen LogP contribution in [-0.2, 0) is 4.79 Å². The van der Waals surface area contributed by atoms with E-state index in [1.807, 2.05) is 19.9 Å². The van der Waals surface area contributed by atoms with E-state index < -0.39 is 5.97 Å². The smallest absolute Gasteiger partial charge is 0.305 e. The van der Waals surface area contributed by atoms with Crippen LogP contribution in [0.3, 0.4) is 0 Å². The topological polar surface area (TPSA) is 87.8 Å². The van der Waals surface area contributed by atoms with E-state index in [1.165, 1.54) is 0 Å². The lowest BCUT2D eigenvalue weighted by Crippen LogP contribution is -2.37. The zero-order valence-corrected chi connectivity index (χ0v) is 12.6. The molecule has 7 nitrogen and oxygen atoms in total. The van der Waals surface area contributed by atoms with Crippen molar-refractivity contribution in [1.29, 1.82) is 0 Å². The Balaban J connectivity index is 1.94. The molecular weight excluding hydrogens is 284 g/mol.